The molecule has 1 unspecified atom stereocenters. The summed E-state index contributed by atoms with van der Waals surface area (Å²) in [4.78, 5) is 24.3. The van der Waals surface area contributed by atoms with Crippen molar-refractivity contribution < 1.29 is 9.59 Å². The molecular weight excluding hydrogens is 354 g/mol. The molecule has 0 aliphatic rings. The molecule has 0 saturated carbocycles. The summed E-state index contributed by atoms with van der Waals surface area (Å²) in [6.07, 6.45) is 1.58. The Hall–Kier alpha value is -2.88. The average molecular weight is 373 g/mol. The third-order valence-corrected chi connectivity index (χ3v) is 4.86. The highest BCUT2D eigenvalue weighted by atomic mass is 32.2. The van der Waals surface area contributed by atoms with Crippen molar-refractivity contribution >= 4 is 34.5 Å². The van der Waals surface area contributed by atoms with Gasteiger partial charge in [0.05, 0.1) is 10.8 Å². The number of amides is 2. The molecule has 26 heavy (non-hydrogen) atoms. The molecule has 1 aromatic carbocycles. The van der Waals surface area contributed by atoms with Crippen LogP contribution in [0, 0.1) is 0 Å². The van der Waals surface area contributed by atoms with E-state index in [1.54, 1.807) is 17.8 Å². The monoisotopic (exact) mass is 373 g/mol. The molecule has 0 saturated heterocycles. The molecule has 2 amide bonds. The highest BCUT2D eigenvalue weighted by Crippen LogP contribution is 2.19. The molecule has 0 fully saturated rings. The van der Waals surface area contributed by atoms with Crippen molar-refractivity contribution in [3.8, 4) is 0 Å². The fourth-order valence-electron chi connectivity index (χ4n) is 2.32. The second kappa shape index (κ2) is 8.00. The number of benzene rings is 1. The van der Waals surface area contributed by atoms with E-state index in [0.29, 0.717) is 23.9 Å². The number of H-pyrrole nitrogens is 1. The Morgan fingerprint density at radius 2 is 2.04 bits per heavy atom. The van der Waals surface area contributed by atoms with Crippen LogP contribution < -0.4 is 10.6 Å². The standard InChI is InChI=1S/C16H19N7O2S/c1-10(26-16-22-19-9-23(16)2)14(24)17-7-8-18-15(25)13-11-5-3-4-6-12(11)20-21-13/h3-6,9-10H,7-8H2,1-2H3,(H,17,24)(H,18,25)(H,20,21). The minimum Gasteiger partial charge on any atom is -0.353 e. The lowest BCUT2D eigenvalue weighted by Gasteiger charge is -2.11. The molecule has 9 nitrogen and oxygen atoms in total. The number of fused-ring (bicyclic) bond motifs is 1. The fourth-order valence-corrected chi connectivity index (χ4v) is 3.13. The number of carbonyl (C=O) groups is 2. The predicted molar refractivity (Wildman–Crippen MR) is 97.8 cm³/mol. The molecule has 2 heterocycles. The lowest BCUT2D eigenvalue weighted by Crippen LogP contribution is -2.38. The number of nitrogens with zero attached hydrogens (tertiary/aromatic N) is 4. The van der Waals surface area contributed by atoms with Crippen LogP contribution in [0.25, 0.3) is 10.9 Å². The minimum absolute atomic E-state index is 0.127. The first-order valence-corrected chi connectivity index (χ1v) is 8.94. The third kappa shape index (κ3) is 4.02. The van der Waals surface area contributed by atoms with Crippen molar-refractivity contribution in [2.45, 2.75) is 17.3 Å². The van der Waals surface area contributed by atoms with Crippen LogP contribution in [-0.2, 0) is 11.8 Å². The smallest absolute Gasteiger partial charge is 0.272 e. The molecule has 0 aliphatic heterocycles. The molecule has 136 valence electrons. The van der Waals surface area contributed by atoms with Crippen molar-refractivity contribution in [3.05, 3.63) is 36.3 Å². The minimum atomic E-state index is -0.316. The molecule has 3 rings (SSSR count). The topological polar surface area (TPSA) is 118 Å². The van der Waals surface area contributed by atoms with Crippen LogP contribution in [0.15, 0.2) is 35.7 Å². The maximum atomic E-state index is 12.2. The molecule has 0 bridgehead atoms. The number of para-hydroxylation sites is 1. The van der Waals surface area contributed by atoms with Crippen LogP contribution in [0.3, 0.4) is 0 Å². The second-order valence-corrected chi connectivity index (χ2v) is 6.96. The van der Waals surface area contributed by atoms with Gasteiger partial charge in [0.25, 0.3) is 5.91 Å². The van der Waals surface area contributed by atoms with Gasteiger partial charge in [0.1, 0.15) is 6.33 Å². The van der Waals surface area contributed by atoms with E-state index in [2.05, 4.69) is 31.0 Å². The van der Waals surface area contributed by atoms with Gasteiger partial charge in [-0.15, -0.1) is 10.2 Å². The van der Waals surface area contributed by atoms with Gasteiger partial charge in [0.15, 0.2) is 10.9 Å². The highest BCUT2D eigenvalue weighted by molar-refractivity contribution is 8.00. The zero-order valence-corrected chi connectivity index (χ0v) is 15.2. The van der Waals surface area contributed by atoms with Gasteiger partial charge in [-0.1, -0.05) is 30.0 Å². The van der Waals surface area contributed by atoms with Crippen LogP contribution in [0.5, 0.6) is 0 Å². The summed E-state index contributed by atoms with van der Waals surface area (Å²) >= 11 is 1.32. The van der Waals surface area contributed by atoms with E-state index in [9.17, 15) is 9.59 Å². The summed E-state index contributed by atoms with van der Waals surface area (Å²) in [6, 6.07) is 7.42. The number of aromatic amines is 1. The summed E-state index contributed by atoms with van der Waals surface area (Å²) in [7, 11) is 1.82. The first-order valence-electron chi connectivity index (χ1n) is 8.06. The molecule has 1 atom stereocenters. The fraction of sp³-hybridized carbons (Fsp3) is 0.312. The Morgan fingerprint density at radius 1 is 1.27 bits per heavy atom. The Morgan fingerprint density at radius 3 is 2.81 bits per heavy atom. The van der Waals surface area contributed by atoms with E-state index in [0.717, 1.165) is 10.9 Å². The van der Waals surface area contributed by atoms with E-state index in [1.165, 1.54) is 11.8 Å². The van der Waals surface area contributed by atoms with Gasteiger partial charge in [-0.3, -0.25) is 14.7 Å². The number of hydrogen-bond acceptors (Lipinski definition) is 6. The lowest BCUT2D eigenvalue weighted by molar-refractivity contribution is -0.120. The van der Waals surface area contributed by atoms with Gasteiger partial charge in [-0.25, -0.2) is 0 Å². The maximum absolute atomic E-state index is 12.2. The summed E-state index contributed by atoms with van der Waals surface area (Å²) in [5.74, 6) is -0.407. The quantitative estimate of drug-likeness (QED) is 0.415. The molecule has 0 spiro atoms. The summed E-state index contributed by atoms with van der Waals surface area (Å²) in [5.41, 5.74) is 1.15. The maximum Gasteiger partial charge on any atom is 0.272 e. The van der Waals surface area contributed by atoms with Crippen molar-refractivity contribution in [1.29, 1.82) is 0 Å². The summed E-state index contributed by atoms with van der Waals surface area (Å²) in [5, 5.41) is 21.3. The van der Waals surface area contributed by atoms with Gasteiger partial charge in [-0.2, -0.15) is 5.10 Å². The number of thioether (sulfide) groups is 1. The first kappa shape index (κ1) is 17.9. The number of hydrogen-bond donors (Lipinski definition) is 3. The number of rotatable bonds is 7. The van der Waals surface area contributed by atoms with Crippen molar-refractivity contribution in [2.75, 3.05) is 13.1 Å². The molecule has 0 radical (unpaired) electrons. The zero-order chi connectivity index (χ0) is 18.5. The van der Waals surface area contributed by atoms with Gasteiger partial charge >= 0.3 is 0 Å². The molecular formula is C16H19N7O2S. The van der Waals surface area contributed by atoms with E-state index >= 15 is 0 Å². The van der Waals surface area contributed by atoms with E-state index < -0.39 is 0 Å². The van der Waals surface area contributed by atoms with Crippen LogP contribution in [-0.4, -0.2) is 55.1 Å². The van der Waals surface area contributed by atoms with Crippen LogP contribution in [0.1, 0.15) is 17.4 Å². The number of aryl methyl sites for hydroxylation is 1. The third-order valence-electron chi connectivity index (χ3n) is 3.72. The molecule has 10 heteroatoms. The van der Waals surface area contributed by atoms with Gasteiger partial charge < -0.3 is 15.2 Å². The van der Waals surface area contributed by atoms with E-state index in [-0.39, 0.29) is 17.1 Å². The molecule has 3 N–H and O–H groups in total. The molecule has 0 aliphatic carbocycles. The van der Waals surface area contributed by atoms with E-state index in [4.69, 9.17) is 0 Å². The largest absolute Gasteiger partial charge is 0.353 e. The number of nitrogens with one attached hydrogen (secondary N) is 3. The van der Waals surface area contributed by atoms with Crippen LogP contribution >= 0.6 is 11.8 Å². The van der Waals surface area contributed by atoms with Crippen LogP contribution in [0.2, 0.25) is 0 Å². The highest BCUT2D eigenvalue weighted by Gasteiger charge is 2.17. The molecule has 3 aromatic rings. The lowest BCUT2D eigenvalue weighted by atomic mass is 10.2. The normalized spacial score (nSPS) is 12.1. The zero-order valence-electron chi connectivity index (χ0n) is 14.4. The summed E-state index contributed by atoms with van der Waals surface area (Å²) in [6.45, 7) is 2.44. The van der Waals surface area contributed by atoms with Crippen molar-refractivity contribution in [3.63, 3.8) is 0 Å². The van der Waals surface area contributed by atoms with Gasteiger partial charge in [0.2, 0.25) is 5.91 Å². The van der Waals surface area contributed by atoms with Crippen LogP contribution in [0.4, 0.5) is 0 Å². The van der Waals surface area contributed by atoms with E-state index in [1.807, 2.05) is 31.3 Å². The predicted octanol–water partition coefficient (Wildman–Crippen LogP) is 0.718. The average Bonchev–Trinajstić information content (AvgIpc) is 3.24. The summed E-state index contributed by atoms with van der Waals surface area (Å²) < 4.78 is 1.75. The number of aromatic nitrogens is 5. The SMILES string of the molecule is CC(Sc1nncn1C)C(=O)NCCNC(=O)c1n[nH]c2ccccc12. The first-order chi connectivity index (χ1) is 12.6. The van der Waals surface area contributed by atoms with Crippen molar-refractivity contribution in [1.82, 2.24) is 35.6 Å². The Kier molecular flexibility index (Phi) is 5.52. The van der Waals surface area contributed by atoms with Crippen molar-refractivity contribution in [2.24, 2.45) is 7.05 Å². The Balaban J connectivity index is 1.44. The Labute approximate surface area is 153 Å². The van der Waals surface area contributed by atoms with Gasteiger partial charge in [-0.05, 0) is 13.0 Å². The van der Waals surface area contributed by atoms with Gasteiger partial charge in [0, 0.05) is 25.5 Å². The Bertz CT molecular complexity index is 920. The number of carbonyl (C=O) groups excluding carboxylic acids is 2. The second-order valence-electron chi connectivity index (χ2n) is 5.65. The molecule has 2 aromatic heterocycles.